The SMILES string of the molecule is O=C(c1cccc(OC(F)(F)F)c1)N1CCC(C(=O)O)(C(F)(F)F)C1. The molecular formula is C14H11F6NO4. The second kappa shape index (κ2) is 6.12. The molecule has 0 spiro atoms. The van der Waals surface area contributed by atoms with E-state index in [9.17, 15) is 35.9 Å². The first-order chi connectivity index (χ1) is 11.4. The van der Waals surface area contributed by atoms with Crippen molar-refractivity contribution < 1.29 is 45.8 Å². The van der Waals surface area contributed by atoms with Gasteiger partial charge in [0.25, 0.3) is 5.91 Å². The smallest absolute Gasteiger partial charge is 0.481 e. The molecule has 1 heterocycles. The zero-order valence-electron chi connectivity index (χ0n) is 12.3. The number of carbonyl (C=O) groups excluding carboxylic acids is 1. The van der Waals surface area contributed by atoms with Crippen LogP contribution in [0, 0.1) is 5.41 Å². The molecular weight excluding hydrogens is 360 g/mol. The van der Waals surface area contributed by atoms with Gasteiger partial charge in [-0.3, -0.25) is 9.59 Å². The van der Waals surface area contributed by atoms with E-state index in [1.807, 2.05) is 0 Å². The quantitative estimate of drug-likeness (QED) is 0.830. The molecule has 1 amide bonds. The van der Waals surface area contributed by atoms with E-state index in [1.165, 1.54) is 0 Å². The molecule has 1 unspecified atom stereocenters. The van der Waals surface area contributed by atoms with Crippen molar-refractivity contribution in [1.82, 2.24) is 4.90 Å². The summed E-state index contributed by atoms with van der Waals surface area (Å²) in [6.45, 7) is -1.61. The Balaban J connectivity index is 2.23. The number of hydrogen-bond donors (Lipinski definition) is 1. The van der Waals surface area contributed by atoms with Gasteiger partial charge in [-0.15, -0.1) is 13.2 Å². The number of hydrogen-bond acceptors (Lipinski definition) is 3. The lowest BCUT2D eigenvalue weighted by Crippen LogP contribution is -2.47. The number of likely N-dealkylation sites (tertiary alicyclic amines) is 1. The Labute approximate surface area is 136 Å². The van der Waals surface area contributed by atoms with E-state index in [4.69, 9.17) is 5.11 Å². The van der Waals surface area contributed by atoms with Gasteiger partial charge in [0.2, 0.25) is 0 Å². The maximum absolute atomic E-state index is 13.1. The maximum Gasteiger partial charge on any atom is 0.573 e. The van der Waals surface area contributed by atoms with Crippen molar-refractivity contribution in [1.29, 1.82) is 0 Å². The van der Waals surface area contributed by atoms with Crippen LogP contribution in [0.3, 0.4) is 0 Å². The van der Waals surface area contributed by atoms with Crippen LogP contribution in [0.15, 0.2) is 24.3 Å². The van der Waals surface area contributed by atoms with Gasteiger partial charge in [0.1, 0.15) is 5.75 Å². The minimum Gasteiger partial charge on any atom is -0.481 e. The molecule has 25 heavy (non-hydrogen) atoms. The summed E-state index contributed by atoms with van der Waals surface area (Å²) in [5.74, 6) is -3.83. The molecule has 2 rings (SSSR count). The third-order valence-corrected chi connectivity index (χ3v) is 3.82. The van der Waals surface area contributed by atoms with E-state index < -0.39 is 55.1 Å². The van der Waals surface area contributed by atoms with E-state index in [2.05, 4.69) is 4.74 Å². The number of alkyl halides is 6. The molecule has 0 saturated carbocycles. The van der Waals surface area contributed by atoms with Crippen LogP contribution in [0.1, 0.15) is 16.8 Å². The lowest BCUT2D eigenvalue weighted by atomic mass is 9.86. The Bertz CT molecular complexity index is 687. The molecule has 1 N–H and O–H groups in total. The third kappa shape index (κ3) is 3.80. The van der Waals surface area contributed by atoms with Gasteiger partial charge in [0.15, 0.2) is 5.41 Å². The number of benzene rings is 1. The van der Waals surface area contributed by atoms with Gasteiger partial charge < -0.3 is 14.7 Å². The summed E-state index contributed by atoms with van der Waals surface area (Å²) in [6.07, 6.45) is -10.9. The number of carboxylic acid groups (broad SMARTS) is 1. The van der Waals surface area contributed by atoms with Crippen LogP contribution in [-0.2, 0) is 4.79 Å². The molecule has 0 aliphatic carbocycles. The molecule has 1 aromatic rings. The molecule has 1 fully saturated rings. The second-order valence-corrected chi connectivity index (χ2v) is 5.44. The molecule has 5 nitrogen and oxygen atoms in total. The van der Waals surface area contributed by atoms with E-state index >= 15 is 0 Å². The van der Waals surface area contributed by atoms with E-state index in [0.717, 1.165) is 24.3 Å². The molecule has 1 aliphatic rings. The number of carboxylic acids is 1. The normalized spacial score (nSPS) is 21.3. The van der Waals surface area contributed by atoms with Gasteiger partial charge in [0, 0.05) is 18.7 Å². The van der Waals surface area contributed by atoms with Crippen molar-refractivity contribution in [2.75, 3.05) is 13.1 Å². The third-order valence-electron chi connectivity index (χ3n) is 3.82. The maximum atomic E-state index is 13.1. The summed E-state index contributed by atoms with van der Waals surface area (Å²) in [5, 5.41) is 8.94. The zero-order valence-corrected chi connectivity index (χ0v) is 12.3. The van der Waals surface area contributed by atoms with Crippen molar-refractivity contribution in [3.05, 3.63) is 29.8 Å². The van der Waals surface area contributed by atoms with Crippen LogP contribution < -0.4 is 4.74 Å². The predicted octanol–water partition coefficient (Wildman–Crippen LogP) is 3.06. The van der Waals surface area contributed by atoms with Crippen LogP contribution >= 0.6 is 0 Å². The molecule has 1 aliphatic heterocycles. The fraction of sp³-hybridized carbons (Fsp3) is 0.429. The fourth-order valence-corrected chi connectivity index (χ4v) is 2.52. The first-order valence-corrected chi connectivity index (χ1v) is 6.81. The number of amides is 1. The van der Waals surface area contributed by atoms with Crippen molar-refractivity contribution in [3.8, 4) is 5.75 Å². The highest BCUT2D eigenvalue weighted by Gasteiger charge is 2.64. The summed E-state index contributed by atoms with van der Waals surface area (Å²) in [5.41, 5.74) is -3.44. The van der Waals surface area contributed by atoms with Crippen molar-refractivity contribution in [3.63, 3.8) is 0 Å². The van der Waals surface area contributed by atoms with Crippen molar-refractivity contribution in [2.45, 2.75) is 19.0 Å². The lowest BCUT2D eigenvalue weighted by Gasteiger charge is -2.27. The van der Waals surface area contributed by atoms with Gasteiger partial charge in [-0.2, -0.15) is 13.2 Å². The Hall–Kier alpha value is -2.46. The van der Waals surface area contributed by atoms with Gasteiger partial charge in [0.05, 0.1) is 0 Å². The Morgan fingerprint density at radius 3 is 2.28 bits per heavy atom. The monoisotopic (exact) mass is 371 g/mol. The molecule has 0 aromatic heterocycles. The Morgan fingerprint density at radius 1 is 1.16 bits per heavy atom. The van der Waals surface area contributed by atoms with E-state index in [-0.39, 0.29) is 5.56 Å². The standard InChI is InChI=1S/C14H11F6NO4/c15-13(16,17)12(11(23)24)4-5-21(7-12)10(22)8-2-1-3-9(6-8)25-14(18,19)20/h1-3,6H,4-5,7H2,(H,23,24). The second-order valence-electron chi connectivity index (χ2n) is 5.44. The van der Waals surface area contributed by atoms with Crippen LogP contribution in [0.4, 0.5) is 26.3 Å². The number of halogens is 6. The topological polar surface area (TPSA) is 66.8 Å². The average molecular weight is 371 g/mol. The highest BCUT2D eigenvalue weighted by atomic mass is 19.4. The van der Waals surface area contributed by atoms with Crippen LogP contribution in [0.25, 0.3) is 0 Å². The zero-order chi connectivity index (χ0) is 19.0. The Morgan fingerprint density at radius 2 is 1.80 bits per heavy atom. The largest absolute Gasteiger partial charge is 0.573 e. The van der Waals surface area contributed by atoms with E-state index in [1.54, 1.807) is 0 Å². The molecule has 1 aromatic carbocycles. The van der Waals surface area contributed by atoms with Crippen molar-refractivity contribution >= 4 is 11.9 Å². The van der Waals surface area contributed by atoms with Crippen LogP contribution in [-0.4, -0.2) is 47.5 Å². The van der Waals surface area contributed by atoms with E-state index in [0.29, 0.717) is 4.90 Å². The summed E-state index contributed by atoms with van der Waals surface area (Å²) in [7, 11) is 0. The first-order valence-electron chi connectivity index (χ1n) is 6.81. The number of ether oxygens (including phenoxy) is 1. The van der Waals surface area contributed by atoms with Gasteiger partial charge >= 0.3 is 18.5 Å². The molecule has 0 radical (unpaired) electrons. The highest BCUT2D eigenvalue weighted by Crippen LogP contribution is 2.46. The Kier molecular flexibility index (Phi) is 4.62. The summed E-state index contributed by atoms with van der Waals surface area (Å²) in [4.78, 5) is 24.0. The molecule has 1 atom stereocenters. The van der Waals surface area contributed by atoms with Gasteiger partial charge in [-0.05, 0) is 24.6 Å². The minimum atomic E-state index is -5.07. The van der Waals surface area contributed by atoms with Gasteiger partial charge in [-0.1, -0.05) is 6.07 Å². The predicted molar refractivity (Wildman–Crippen MR) is 69.8 cm³/mol. The number of rotatable bonds is 3. The molecule has 138 valence electrons. The minimum absolute atomic E-state index is 0.342. The average Bonchev–Trinajstić information content (AvgIpc) is 2.91. The molecule has 11 heteroatoms. The number of nitrogens with zero attached hydrogens (tertiary/aromatic N) is 1. The number of aliphatic carboxylic acids is 1. The van der Waals surface area contributed by atoms with Crippen LogP contribution in [0.5, 0.6) is 5.75 Å². The molecule has 0 bridgehead atoms. The first kappa shape index (κ1) is 18.9. The summed E-state index contributed by atoms with van der Waals surface area (Å²) in [6, 6.07) is 3.81. The lowest BCUT2D eigenvalue weighted by molar-refractivity contribution is -0.274. The van der Waals surface area contributed by atoms with Crippen molar-refractivity contribution in [2.24, 2.45) is 5.41 Å². The molecule has 1 saturated heterocycles. The summed E-state index contributed by atoms with van der Waals surface area (Å²) < 4.78 is 79.5. The summed E-state index contributed by atoms with van der Waals surface area (Å²) >= 11 is 0. The van der Waals surface area contributed by atoms with Crippen LogP contribution in [0.2, 0.25) is 0 Å². The number of carbonyl (C=O) groups is 2. The van der Waals surface area contributed by atoms with Gasteiger partial charge in [-0.25, -0.2) is 0 Å². The fourth-order valence-electron chi connectivity index (χ4n) is 2.52. The highest BCUT2D eigenvalue weighted by molar-refractivity contribution is 5.95.